The lowest BCUT2D eigenvalue weighted by Gasteiger charge is -2.41. The summed E-state index contributed by atoms with van der Waals surface area (Å²) in [7, 11) is 2.10. The first-order valence-corrected chi connectivity index (χ1v) is 6.64. The van der Waals surface area contributed by atoms with E-state index in [0.29, 0.717) is 0 Å². The van der Waals surface area contributed by atoms with E-state index < -0.39 is 0 Å². The van der Waals surface area contributed by atoms with Crippen LogP contribution in [0.4, 0.5) is 0 Å². The van der Waals surface area contributed by atoms with Crippen LogP contribution < -0.4 is 5.32 Å². The van der Waals surface area contributed by atoms with Gasteiger partial charge >= 0.3 is 0 Å². The predicted molar refractivity (Wildman–Crippen MR) is 67.2 cm³/mol. The van der Waals surface area contributed by atoms with Gasteiger partial charge in [-0.1, -0.05) is 27.2 Å². The summed E-state index contributed by atoms with van der Waals surface area (Å²) in [5, 5.41) is 3.44. The van der Waals surface area contributed by atoms with Crippen molar-refractivity contribution in [2.75, 3.05) is 20.1 Å². The molecule has 0 bridgehead atoms. The second-order valence-corrected chi connectivity index (χ2v) is 5.01. The van der Waals surface area contributed by atoms with E-state index in [1.165, 1.54) is 38.8 Å². The van der Waals surface area contributed by atoms with Crippen LogP contribution in [-0.4, -0.2) is 37.1 Å². The molecule has 0 aromatic carbocycles. The summed E-state index contributed by atoms with van der Waals surface area (Å²) in [5.41, 5.74) is 0. The molecule has 0 radical (unpaired) electrons. The lowest BCUT2D eigenvalue weighted by atomic mass is 9.92. The molecule has 90 valence electrons. The molecule has 1 heterocycles. The number of nitrogens with one attached hydrogen (secondary N) is 1. The molecule has 1 fully saturated rings. The number of nitrogens with zero attached hydrogens (tertiary/aromatic N) is 1. The molecular weight excluding hydrogens is 184 g/mol. The van der Waals surface area contributed by atoms with E-state index in [1.54, 1.807) is 0 Å². The fourth-order valence-corrected chi connectivity index (χ4v) is 2.92. The Hall–Kier alpha value is -0.0800. The number of piperidine rings is 1. The Morgan fingerprint density at radius 3 is 2.60 bits per heavy atom. The molecule has 15 heavy (non-hydrogen) atoms. The van der Waals surface area contributed by atoms with E-state index in [9.17, 15) is 0 Å². The summed E-state index contributed by atoms with van der Waals surface area (Å²) in [6.45, 7) is 9.58. The summed E-state index contributed by atoms with van der Waals surface area (Å²) in [6.07, 6.45) is 5.31. The average molecular weight is 212 g/mol. The maximum atomic E-state index is 3.44. The highest BCUT2D eigenvalue weighted by Gasteiger charge is 2.27. The van der Waals surface area contributed by atoms with E-state index >= 15 is 0 Å². The van der Waals surface area contributed by atoms with Crippen LogP contribution in [0.5, 0.6) is 0 Å². The molecule has 1 N–H and O–H groups in total. The third-order valence-corrected chi connectivity index (χ3v) is 3.92. The van der Waals surface area contributed by atoms with Crippen molar-refractivity contribution >= 4 is 0 Å². The third kappa shape index (κ3) is 3.46. The molecule has 2 heteroatoms. The van der Waals surface area contributed by atoms with E-state index in [-0.39, 0.29) is 0 Å². The summed E-state index contributed by atoms with van der Waals surface area (Å²) in [6, 6.07) is 1.57. The molecule has 3 atom stereocenters. The molecule has 0 spiro atoms. The van der Waals surface area contributed by atoms with Gasteiger partial charge in [-0.05, 0) is 38.8 Å². The van der Waals surface area contributed by atoms with Gasteiger partial charge in [-0.25, -0.2) is 0 Å². The Labute approximate surface area is 95.4 Å². The average Bonchev–Trinajstić information content (AvgIpc) is 2.25. The van der Waals surface area contributed by atoms with Gasteiger partial charge in [0.1, 0.15) is 0 Å². The maximum absolute atomic E-state index is 3.44. The molecule has 3 unspecified atom stereocenters. The normalized spacial score (nSPS) is 30.4. The van der Waals surface area contributed by atoms with Gasteiger partial charge in [0.25, 0.3) is 0 Å². The molecule has 1 rings (SSSR count). The fourth-order valence-electron chi connectivity index (χ4n) is 2.92. The van der Waals surface area contributed by atoms with Crippen LogP contribution in [-0.2, 0) is 0 Å². The zero-order valence-corrected chi connectivity index (χ0v) is 10.9. The van der Waals surface area contributed by atoms with Gasteiger partial charge in [-0.2, -0.15) is 0 Å². The Bertz CT molecular complexity index is 170. The number of rotatable bonds is 5. The van der Waals surface area contributed by atoms with Crippen molar-refractivity contribution in [1.29, 1.82) is 0 Å². The lowest BCUT2D eigenvalue weighted by molar-refractivity contribution is 0.0986. The first kappa shape index (κ1) is 13.0. The number of hydrogen-bond donors (Lipinski definition) is 1. The quantitative estimate of drug-likeness (QED) is 0.753. The molecule has 0 saturated carbocycles. The minimum absolute atomic E-state index is 0.736. The highest BCUT2D eigenvalue weighted by Crippen LogP contribution is 2.21. The van der Waals surface area contributed by atoms with Gasteiger partial charge in [-0.3, -0.25) is 0 Å². The number of likely N-dealkylation sites (tertiary alicyclic amines) is 1. The van der Waals surface area contributed by atoms with Crippen LogP contribution in [0.2, 0.25) is 0 Å². The van der Waals surface area contributed by atoms with Gasteiger partial charge in [0.2, 0.25) is 0 Å². The molecule has 1 saturated heterocycles. The minimum Gasteiger partial charge on any atom is -0.317 e. The van der Waals surface area contributed by atoms with Gasteiger partial charge in [0.05, 0.1) is 0 Å². The molecule has 0 aliphatic carbocycles. The second kappa shape index (κ2) is 6.49. The summed E-state index contributed by atoms with van der Waals surface area (Å²) in [5.74, 6) is 0.801. The highest BCUT2D eigenvalue weighted by molar-refractivity contribution is 4.84. The number of hydrogen-bond acceptors (Lipinski definition) is 2. The topological polar surface area (TPSA) is 15.3 Å². The van der Waals surface area contributed by atoms with Crippen LogP contribution in [0.15, 0.2) is 0 Å². The molecule has 0 amide bonds. The summed E-state index contributed by atoms with van der Waals surface area (Å²) in [4.78, 5) is 2.71. The lowest BCUT2D eigenvalue weighted by Crippen LogP contribution is -2.50. The smallest absolute Gasteiger partial charge is 0.0114 e. The van der Waals surface area contributed by atoms with Crippen molar-refractivity contribution in [2.45, 2.75) is 58.5 Å². The van der Waals surface area contributed by atoms with Crippen LogP contribution in [0.1, 0.15) is 46.5 Å². The van der Waals surface area contributed by atoms with Crippen molar-refractivity contribution in [1.82, 2.24) is 10.2 Å². The molecule has 1 aliphatic rings. The van der Waals surface area contributed by atoms with Crippen LogP contribution in [0.25, 0.3) is 0 Å². The minimum atomic E-state index is 0.736. The summed E-state index contributed by atoms with van der Waals surface area (Å²) >= 11 is 0. The van der Waals surface area contributed by atoms with Crippen molar-refractivity contribution in [3.63, 3.8) is 0 Å². The van der Waals surface area contributed by atoms with E-state index in [0.717, 1.165) is 18.0 Å². The first-order valence-electron chi connectivity index (χ1n) is 6.64. The van der Waals surface area contributed by atoms with E-state index in [1.807, 2.05) is 0 Å². The van der Waals surface area contributed by atoms with Crippen LogP contribution in [0, 0.1) is 5.92 Å². The van der Waals surface area contributed by atoms with Gasteiger partial charge < -0.3 is 10.2 Å². The highest BCUT2D eigenvalue weighted by atomic mass is 15.2. The summed E-state index contributed by atoms with van der Waals surface area (Å²) < 4.78 is 0. The third-order valence-electron chi connectivity index (χ3n) is 3.92. The van der Waals surface area contributed by atoms with Crippen molar-refractivity contribution in [3.8, 4) is 0 Å². The Morgan fingerprint density at radius 2 is 2.13 bits per heavy atom. The molecule has 0 aromatic heterocycles. The monoisotopic (exact) mass is 212 g/mol. The zero-order valence-electron chi connectivity index (χ0n) is 10.9. The Kier molecular flexibility index (Phi) is 5.62. The molecule has 1 aliphatic heterocycles. The van der Waals surface area contributed by atoms with E-state index in [4.69, 9.17) is 0 Å². The predicted octanol–water partition coefficient (Wildman–Crippen LogP) is 2.49. The fraction of sp³-hybridized carbons (Fsp3) is 1.00. The molecule has 2 nitrogen and oxygen atoms in total. The molecular formula is C13H28N2. The van der Waals surface area contributed by atoms with Crippen molar-refractivity contribution in [3.05, 3.63) is 0 Å². The van der Waals surface area contributed by atoms with E-state index in [2.05, 4.69) is 38.0 Å². The van der Waals surface area contributed by atoms with Crippen molar-refractivity contribution in [2.24, 2.45) is 5.92 Å². The SMILES string of the molecule is CCCC(CC)N1CCC(NC)C(C)C1. The van der Waals surface area contributed by atoms with Gasteiger partial charge in [0, 0.05) is 18.6 Å². The second-order valence-electron chi connectivity index (χ2n) is 5.01. The Morgan fingerprint density at radius 1 is 1.40 bits per heavy atom. The van der Waals surface area contributed by atoms with Gasteiger partial charge in [0.15, 0.2) is 0 Å². The van der Waals surface area contributed by atoms with Crippen molar-refractivity contribution < 1.29 is 0 Å². The van der Waals surface area contributed by atoms with Gasteiger partial charge in [-0.15, -0.1) is 0 Å². The first-order chi connectivity index (χ1) is 7.22. The van der Waals surface area contributed by atoms with Crippen LogP contribution >= 0.6 is 0 Å². The zero-order chi connectivity index (χ0) is 11.3. The standard InChI is InChI=1S/C13H28N2/c1-5-7-12(6-2)15-9-8-13(14-4)11(3)10-15/h11-14H,5-10H2,1-4H3. The molecule has 0 aromatic rings. The largest absolute Gasteiger partial charge is 0.317 e. The Balaban J connectivity index is 2.44. The maximum Gasteiger partial charge on any atom is 0.0114 e. The van der Waals surface area contributed by atoms with Crippen LogP contribution in [0.3, 0.4) is 0 Å².